The van der Waals surface area contributed by atoms with Gasteiger partial charge in [-0.2, -0.15) is 0 Å². The van der Waals surface area contributed by atoms with Gasteiger partial charge in [0.15, 0.2) is 0 Å². The van der Waals surface area contributed by atoms with Crippen LogP contribution in [0.1, 0.15) is 27.7 Å². The number of piperazine rings is 1. The van der Waals surface area contributed by atoms with Gasteiger partial charge in [0.05, 0.1) is 0 Å². The van der Waals surface area contributed by atoms with Gasteiger partial charge in [0.25, 0.3) is 0 Å². The zero-order chi connectivity index (χ0) is 9.35. The minimum Gasteiger partial charge on any atom is -0.340 e. The largest absolute Gasteiger partial charge is 0.340 e. The first-order valence-electron chi connectivity index (χ1n) is 4.44. The average molecular weight is 170 g/mol. The van der Waals surface area contributed by atoms with E-state index in [2.05, 4.69) is 26.1 Å². The molecule has 1 fully saturated rings. The Kier molecular flexibility index (Phi) is 2.42. The van der Waals surface area contributed by atoms with Crippen molar-refractivity contribution in [1.82, 2.24) is 10.2 Å². The van der Waals surface area contributed by atoms with Crippen LogP contribution in [0.25, 0.3) is 0 Å². The Labute approximate surface area is 74.1 Å². The summed E-state index contributed by atoms with van der Waals surface area (Å²) in [7, 11) is 0. The summed E-state index contributed by atoms with van der Waals surface area (Å²) in [5.74, 6) is 0.177. The predicted molar refractivity (Wildman–Crippen MR) is 48.9 cm³/mol. The topological polar surface area (TPSA) is 32.3 Å². The molecular weight excluding hydrogens is 152 g/mol. The molecule has 1 rings (SSSR count). The number of nitrogens with zero attached hydrogens (tertiary/aromatic N) is 1. The molecule has 1 unspecified atom stereocenters. The van der Waals surface area contributed by atoms with E-state index in [4.69, 9.17) is 0 Å². The van der Waals surface area contributed by atoms with Crippen LogP contribution in [0, 0.1) is 0 Å². The molecule has 70 valence electrons. The SMILES string of the molecule is CC(=O)N1CC(C)NC(C)(C)C1. The van der Waals surface area contributed by atoms with Crippen LogP contribution >= 0.6 is 0 Å². The molecule has 0 aromatic carbocycles. The summed E-state index contributed by atoms with van der Waals surface area (Å²) in [6.45, 7) is 9.63. The second-order valence-electron chi connectivity index (χ2n) is 4.33. The summed E-state index contributed by atoms with van der Waals surface area (Å²) < 4.78 is 0. The van der Waals surface area contributed by atoms with Gasteiger partial charge in [-0.05, 0) is 20.8 Å². The number of nitrogens with one attached hydrogen (secondary N) is 1. The maximum atomic E-state index is 11.1. The van der Waals surface area contributed by atoms with Crippen molar-refractivity contribution >= 4 is 5.91 Å². The van der Waals surface area contributed by atoms with E-state index in [0.717, 1.165) is 13.1 Å². The van der Waals surface area contributed by atoms with Crippen molar-refractivity contribution in [3.8, 4) is 0 Å². The fourth-order valence-electron chi connectivity index (χ4n) is 1.87. The van der Waals surface area contributed by atoms with Gasteiger partial charge in [-0.15, -0.1) is 0 Å². The lowest BCUT2D eigenvalue weighted by atomic mass is 9.99. The lowest BCUT2D eigenvalue weighted by molar-refractivity contribution is -0.131. The highest BCUT2D eigenvalue weighted by molar-refractivity contribution is 5.73. The van der Waals surface area contributed by atoms with Crippen LogP contribution in [0.4, 0.5) is 0 Å². The van der Waals surface area contributed by atoms with Gasteiger partial charge in [0.1, 0.15) is 0 Å². The smallest absolute Gasteiger partial charge is 0.219 e. The summed E-state index contributed by atoms with van der Waals surface area (Å²) in [5.41, 5.74) is 0.0589. The Balaban J connectivity index is 2.64. The van der Waals surface area contributed by atoms with E-state index >= 15 is 0 Å². The summed E-state index contributed by atoms with van der Waals surface area (Å²) in [4.78, 5) is 13.0. The van der Waals surface area contributed by atoms with Crippen molar-refractivity contribution in [2.45, 2.75) is 39.3 Å². The average Bonchev–Trinajstić information content (AvgIpc) is 1.82. The van der Waals surface area contributed by atoms with E-state index in [9.17, 15) is 4.79 Å². The number of carbonyl (C=O) groups is 1. The molecule has 1 aliphatic heterocycles. The second kappa shape index (κ2) is 3.05. The molecule has 0 spiro atoms. The Morgan fingerprint density at radius 2 is 2.17 bits per heavy atom. The molecular formula is C9H18N2O. The molecule has 0 bridgehead atoms. The standard InChI is InChI=1S/C9H18N2O/c1-7-5-11(8(2)12)6-9(3,4)10-7/h7,10H,5-6H2,1-4H3. The minimum atomic E-state index is 0.0589. The second-order valence-corrected chi connectivity index (χ2v) is 4.33. The van der Waals surface area contributed by atoms with Crippen LogP contribution < -0.4 is 5.32 Å². The molecule has 1 amide bonds. The lowest BCUT2D eigenvalue weighted by Crippen LogP contribution is -2.61. The first-order chi connectivity index (χ1) is 5.41. The Morgan fingerprint density at radius 1 is 1.58 bits per heavy atom. The van der Waals surface area contributed by atoms with E-state index in [-0.39, 0.29) is 11.4 Å². The molecule has 1 heterocycles. The van der Waals surface area contributed by atoms with Crippen LogP contribution in [-0.2, 0) is 4.79 Å². The highest BCUT2D eigenvalue weighted by atomic mass is 16.2. The van der Waals surface area contributed by atoms with E-state index in [1.54, 1.807) is 6.92 Å². The molecule has 0 aliphatic carbocycles. The quantitative estimate of drug-likeness (QED) is 0.577. The zero-order valence-electron chi connectivity index (χ0n) is 8.35. The van der Waals surface area contributed by atoms with E-state index in [0.29, 0.717) is 6.04 Å². The van der Waals surface area contributed by atoms with Crippen LogP contribution in [0.5, 0.6) is 0 Å². The summed E-state index contributed by atoms with van der Waals surface area (Å²) in [5, 5.41) is 3.45. The van der Waals surface area contributed by atoms with Crippen molar-refractivity contribution in [1.29, 1.82) is 0 Å². The van der Waals surface area contributed by atoms with Crippen LogP contribution in [0.2, 0.25) is 0 Å². The Bertz CT molecular complexity index is 189. The third-order valence-electron chi connectivity index (χ3n) is 2.16. The minimum absolute atomic E-state index is 0.0589. The zero-order valence-corrected chi connectivity index (χ0v) is 8.35. The summed E-state index contributed by atoms with van der Waals surface area (Å²) >= 11 is 0. The maximum Gasteiger partial charge on any atom is 0.219 e. The summed E-state index contributed by atoms with van der Waals surface area (Å²) in [6.07, 6.45) is 0. The third kappa shape index (κ3) is 2.21. The molecule has 3 heteroatoms. The van der Waals surface area contributed by atoms with Crippen LogP contribution in [0.3, 0.4) is 0 Å². The number of amides is 1. The monoisotopic (exact) mass is 170 g/mol. The molecule has 0 radical (unpaired) electrons. The van der Waals surface area contributed by atoms with Gasteiger partial charge < -0.3 is 10.2 Å². The first kappa shape index (κ1) is 9.52. The molecule has 1 saturated heterocycles. The van der Waals surface area contributed by atoms with Gasteiger partial charge in [-0.1, -0.05) is 0 Å². The highest BCUT2D eigenvalue weighted by Gasteiger charge is 2.30. The normalized spacial score (nSPS) is 28.7. The molecule has 0 aromatic heterocycles. The van der Waals surface area contributed by atoms with Gasteiger partial charge in [-0.3, -0.25) is 4.79 Å². The molecule has 0 saturated carbocycles. The van der Waals surface area contributed by atoms with Gasteiger partial charge in [0, 0.05) is 31.6 Å². The number of hydrogen-bond donors (Lipinski definition) is 1. The van der Waals surface area contributed by atoms with Gasteiger partial charge in [-0.25, -0.2) is 0 Å². The lowest BCUT2D eigenvalue weighted by Gasteiger charge is -2.42. The highest BCUT2D eigenvalue weighted by Crippen LogP contribution is 2.13. The van der Waals surface area contributed by atoms with Crippen molar-refractivity contribution < 1.29 is 4.79 Å². The van der Waals surface area contributed by atoms with E-state index < -0.39 is 0 Å². The number of rotatable bonds is 0. The molecule has 1 N–H and O–H groups in total. The van der Waals surface area contributed by atoms with Crippen LogP contribution in [0.15, 0.2) is 0 Å². The molecule has 12 heavy (non-hydrogen) atoms. The Morgan fingerprint density at radius 3 is 2.58 bits per heavy atom. The predicted octanol–water partition coefficient (Wildman–Crippen LogP) is 0.605. The molecule has 1 aliphatic rings. The number of hydrogen-bond acceptors (Lipinski definition) is 2. The molecule has 0 aromatic rings. The van der Waals surface area contributed by atoms with Crippen molar-refractivity contribution in [2.75, 3.05) is 13.1 Å². The first-order valence-corrected chi connectivity index (χ1v) is 4.44. The third-order valence-corrected chi connectivity index (χ3v) is 2.16. The van der Waals surface area contributed by atoms with Gasteiger partial charge in [0.2, 0.25) is 5.91 Å². The van der Waals surface area contributed by atoms with E-state index in [1.807, 2.05) is 4.90 Å². The summed E-state index contributed by atoms with van der Waals surface area (Å²) in [6, 6.07) is 0.401. The fraction of sp³-hybridized carbons (Fsp3) is 0.889. The molecule has 3 nitrogen and oxygen atoms in total. The Hall–Kier alpha value is -0.570. The van der Waals surface area contributed by atoms with Crippen molar-refractivity contribution in [3.63, 3.8) is 0 Å². The maximum absolute atomic E-state index is 11.1. The van der Waals surface area contributed by atoms with Crippen molar-refractivity contribution in [2.24, 2.45) is 0 Å². The number of carbonyl (C=O) groups excluding carboxylic acids is 1. The van der Waals surface area contributed by atoms with Crippen LogP contribution in [-0.4, -0.2) is 35.5 Å². The molecule has 1 atom stereocenters. The fourth-order valence-corrected chi connectivity index (χ4v) is 1.87. The van der Waals surface area contributed by atoms with Gasteiger partial charge >= 0.3 is 0 Å². The van der Waals surface area contributed by atoms with Crippen molar-refractivity contribution in [3.05, 3.63) is 0 Å². The van der Waals surface area contributed by atoms with E-state index in [1.165, 1.54) is 0 Å².